The molecule has 0 bridgehead atoms. The van der Waals surface area contributed by atoms with Crippen LogP contribution in [-0.4, -0.2) is 14.5 Å². The first kappa shape index (κ1) is 11.8. The van der Waals surface area contributed by atoms with Crippen molar-refractivity contribution in [2.45, 2.75) is 25.9 Å². The Hall–Kier alpha value is -1.72. The summed E-state index contributed by atoms with van der Waals surface area (Å²) in [6.07, 6.45) is 8.14. The number of nitrogens with one attached hydrogen (secondary N) is 1. The largest absolute Gasteiger partial charge is 0.334 e. The van der Waals surface area contributed by atoms with Crippen molar-refractivity contribution in [1.82, 2.24) is 20.0 Å². The molecule has 0 amide bonds. The molecule has 0 aromatic carbocycles. The minimum Gasteiger partial charge on any atom is -0.334 e. The molecule has 0 aliphatic carbocycles. The standard InChI is InChI=1S/C12H17N5/c1-2-17-8-7-15-12(17)11(16-13)9-10-3-5-14-6-4-10/h3-8,11,16H,2,9,13H2,1H3. The van der Waals surface area contributed by atoms with Gasteiger partial charge in [0.25, 0.3) is 0 Å². The van der Waals surface area contributed by atoms with E-state index in [1.165, 1.54) is 5.56 Å². The van der Waals surface area contributed by atoms with Crippen LogP contribution in [-0.2, 0) is 13.0 Å². The number of hydrogen-bond donors (Lipinski definition) is 2. The lowest BCUT2D eigenvalue weighted by atomic mass is 10.1. The molecule has 2 heterocycles. The Balaban J connectivity index is 2.17. The van der Waals surface area contributed by atoms with Crippen LogP contribution < -0.4 is 11.3 Å². The van der Waals surface area contributed by atoms with Gasteiger partial charge in [-0.15, -0.1) is 0 Å². The van der Waals surface area contributed by atoms with E-state index in [9.17, 15) is 0 Å². The average Bonchev–Trinajstić information content (AvgIpc) is 2.85. The Morgan fingerprint density at radius 2 is 2.12 bits per heavy atom. The van der Waals surface area contributed by atoms with Crippen molar-refractivity contribution in [3.05, 3.63) is 48.3 Å². The molecule has 5 nitrogen and oxygen atoms in total. The molecule has 0 saturated carbocycles. The summed E-state index contributed by atoms with van der Waals surface area (Å²) in [6, 6.07) is 4.00. The van der Waals surface area contributed by atoms with E-state index in [0.717, 1.165) is 18.8 Å². The van der Waals surface area contributed by atoms with Crippen LogP contribution in [0.3, 0.4) is 0 Å². The zero-order chi connectivity index (χ0) is 12.1. The summed E-state index contributed by atoms with van der Waals surface area (Å²) in [7, 11) is 0. The molecule has 0 radical (unpaired) electrons. The van der Waals surface area contributed by atoms with Crippen LogP contribution in [0.25, 0.3) is 0 Å². The lowest BCUT2D eigenvalue weighted by molar-refractivity contribution is 0.496. The first-order valence-electron chi connectivity index (χ1n) is 5.71. The molecule has 1 atom stereocenters. The van der Waals surface area contributed by atoms with E-state index in [2.05, 4.69) is 26.9 Å². The van der Waals surface area contributed by atoms with Crippen LogP contribution >= 0.6 is 0 Å². The third kappa shape index (κ3) is 2.69. The average molecular weight is 231 g/mol. The van der Waals surface area contributed by atoms with Gasteiger partial charge in [-0.3, -0.25) is 10.8 Å². The van der Waals surface area contributed by atoms with E-state index in [4.69, 9.17) is 5.84 Å². The minimum absolute atomic E-state index is 0.0207. The maximum Gasteiger partial charge on any atom is 0.127 e. The van der Waals surface area contributed by atoms with Crippen LogP contribution in [0.15, 0.2) is 36.9 Å². The quantitative estimate of drug-likeness (QED) is 0.596. The number of aryl methyl sites for hydroxylation is 1. The molecule has 0 aliphatic heterocycles. The van der Waals surface area contributed by atoms with Crippen LogP contribution in [0.2, 0.25) is 0 Å². The third-order valence-electron chi connectivity index (χ3n) is 2.79. The van der Waals surface area contributed by atoms with Crippen molar-refractivity contribution < 1.29 is 0 Å². The van der Waals surface area contributed by atoms with Gasteiger partial charge in [0.1, 0.15) is 5.82 Å². The molecule has 1 unspecified atom stereocenters. The highest BCUT2D eigenvalue weighted by Crippen LogP contribution is 2.15. The monoisotopic (exact) mass is 231 g/mol. The third-order valence-corrected chi connectivity index (χ3v) is 2.79. The van der Waals surface area contributed by atoms with Crippen LogP contribution in [0.1, 0.15) is 24.4 Å². The molecule has 0 saturated heterocycles. The molecule has 17 heavy (non-hydrogen) atoms. The first-order chi connectivity index (χ1) is 8.35. The number of pyridine rings is 1. The Kier molecular flexibility index (Phi) is 3.85. The van der Waals surface area contributed by atoms with Gasteiger partial charge in [0.05, 0.1) is 6.04 Å². The zero-order valence-electron chi connectivity index (χ0n) is 9.87. The fourth-order valence-corrected chi connectivity index (χ4v) is 1.88. The topological polar surface area (TPSA) is 68.8 Å². The Morgan fingerprint density at radius 1 is 1.35 bits per heavy atom. The van der Waals surface area contributed by atoms with Gasteiger partial charge in [0.2, 0.25) is 0 Å². The van der Waals surface area contributed by atoms with Gasteiger partial charge in [0, 0.05) is 31.3 Å². The van der Waals surface area contributed by atoms with E-state index in [-0.39, 0.29) is 6.04 Å². The second kappa shape index (κ2) is 5.56. The summed E-state index contributed by atoms with van der Waals surface area (Å²) in [5.74, 6) is 6.58. The van der Waals surface area contributed by atoms with Gasteiger partial charge in [0.15, 0.2) is 0 Å². The zero-order valence-corrected chi connectivity index (χ0v) is 9.87. The minimum atomic E-state index is 0.0207. The number of nitrogens with two attached hydrogens (primary N) is 1. The van der Waals surface area contributed by atoms with E-state index in [1.807, 2.05) is 18.3 Å². The molecule has 3 N–H and O–H groups in total. The Labute approximate surface area is 101 Å². The second-order valence-corrected chi connectivity index (χ2v) is 3.85. The highest BCUT2D eigenvalue weighted by atomic mass is 15.3. The van der Waals surface area contributed by atoms with Crippen molar-refractivity contribution in [2.75, 3.05) is 0 Å². The van der Waals surface area contributed by atoms with Crippen molar-refractivity contribution in [3.63, 3.8) is 0 Å². The van der Waals surface area contributed by atoms with Crippen molar-refractivity contribution >= 4 is 0 Å². The molecule has 2 aromatic heterocycles. The summed E-state index contributed by atoms with van der Waals surface area (Å²) in [5.41, 5.74) is 4.01. The van der Waals surface area contributed by atoms with Crippen molar-refractivity contribution in [1.29, 1.82) is 0 Å². The predicted octanol–water partition coefficient (Wildman–Crippen LogP) is 1.05. The van der Waals surface area contributed by atoms with Gasteiger partial charge < -0.3 is 4.57 Å². The van der Waals surface area contributed by atoms with Gasteiger partial charge in [-0.25, -0.2) is 10.4 Å². The molecule has 5 heteroatoms. The number of hydrogen-bond acceptors (Lipinski definition) is 4. The summed E-state index contributed by atoms with van der Waals surface area (Å²) in [4.78, 5) is 8.36. The summed E-state index contributed by atoms with van der Waals surface area (Å²) < 4.78 is 2.09. The summed E-state index contributed by atoms with van der Waals surface area (Å²) in [6.45, 7) is 2.98. The number of rotatable bonds is 5. The lowest BCUT2D eigenvalue weighted by Gasteiger charge is -2.16. The van der Waals surface area contributed by atoms with Gasteiger partial charge in [-0.2, -0.15) is 0 Å². The van der Waals surface area contributed by atoms with Crippen molar-refractivity contribution in [2.24, 2.45) is 5.84 Å². The van der Waals surface area contributed by atoms with E-state index in [1.54, 1.807) is 18.6 Å². The first-order valence-corrected chi connectivity index (χ1v) is 5.71. The maximum absolute atomic E-state index is 5.62. The molecule has 0 spiro atoms. The molecule has 0 fully saturated rings. The Morgan fingerprint density at radius 3 is 2.76 bits per heavy atom. The van der Waals surface area contributed by atoms with E-state index in [0.29, 0.717) is 0 Å². The van der Waals surface area contributed by atoms with Gasteiger partial charge in [-0.05, 0) is 31.0 Å². The summed E-state index contributed by atoms with van der Waals surface area (Å²) in [5, 5.41) is 0. The molecule has 2 aromatic rings. The van der Waals surface area contributed by atoms with Crippen molar-refractivity contribution in [3.8, 4) is 0 Å². The summed E-state index contributed by atoms with van der Waals surface area (Å²) >= 11 is 0. The lowest BCUT2D eigenvalue weighted by Crippen LogP contribution is -2.31. The van der Waals surface area contributed by atoms with Crippen LogP contribution in [0.4, 0.5) is 0 Å². The SMILES string of the molecule is CCn1ccnc1C(Cc1ccncc1)NN. The van der Waals surface area contributed by atoms with Crippen LogP contribution in [0.5, 0.6) is 0 Å². The maximum atomic E-state index is 5.62. The highest BCUT2D eigenvalue weighted by Gasteiger charge is 2.15. The predicted molar refractivity (Wildman–Crippen MR) is 65.9 cm³/mol. The van der Waals surface area contributed by atoms with E-state index >= 15 is 0 Å². The Bertz CT molecular complexity index is 451. The molecule has 0 aliphatic rings. The fourth-order valence-electron chi connectivity index (χ4n) is 1.88. The number of aromatic nitrogens is 3. The highest BCUT2D eigenvalue weighted by molar-refractivity contribution is 5.14. The van der Waals surface area contributed by atoms with Gasteiger partial charge >= 0.3 is 0 Å². The number of hydrazine groups is 1. The smallest absolute Gasteiger partial charge is 0.127 e. The number of imidazole rings is 1. The molecular formula is C12H17N5. The normalized spacial score (nSPS) is 12.6. The van der Waals surface area contributed by atoms with Gasteiger partial charge in [-0.1, -0.05) is 0 Å². The second-order valence-electron chi connectivity index (χ2n) is 3.85. The molecule has 2 rings (SSSR count). The number of nitrogens with zero attached hydrogens (tertiary/aromatic N) is 3. The molecular weight excluding hydrogens is 214 g/mol. The van der Waals surface area contributed by atoms with Crippen LogP contribution in [0, 0.1) is 0 Å². The van der Waals surface area contributed by atoms with E-state index < -0.39 is 0 Å². The fraction of sp³-hybridized carbons (Fsp3) is 0.333. The molecule has 90 valence electrons.